The van der Waals surface area contributed by atoms with Crippen molar-refractivity contribution in [1.29, 1.82) is 0 Å². The maximum atomic E-state index is 12.3. The Morgan fingerprint density at radius 3 is 2.72 bits per heavy atom. The molecular formula is C12H19N4O8P. The van der Waals surface area contributed by atoms with E-state index in [0.717, 1.165) is 0 Å². The van der Waals surface area contributed by atoms with E-state index in [1.54, 1.807) is 19.0 Å². The Morgan fingerprint density at radius 1 is 1.44 bits per heavy atom. The fourth-order valence-corrected chi connectivity index (χ4v) is 3.62. The van der Waals surface area contributed by atoms with E-state index in [0.29, 0.717) is 5.69 Å². The van der Waals surface area contributed by atoms with Crippen LogP contribution in [0.5, 0.6) is 0 Å². The predicted octanol–water partition coefficient (Wildman–Crippen LogP) is -2.45. The normalized spacial score (nSPS) is 29.4. The summed E-state index contributed by atoms with van der Waals surface area (Å²) < 4.78 is 22.5. The second-order valence-electron chi connectivity index (χ2n) is 5.94. The van der Waals surface area contributed by atoms with E-state index >= 15 is 0 Å². The molecule has 0 aliphatic carbocycles. The van der Waals surface area contributed by atoms with Crippen LogP contribution < -0.4 is 15.4 Å². The van der Waals surface area contributed by atoms with Gasteiger partial charge in [-0.25, -0.2) is 9.55 Å². The van der Waals surface area contributed by atoms with Gasteiger partial charge >= 0.3 is 7.82 Å². The third-order valence-electron chi connectivity index (χ3n) is 4.16. The fraction of sp³-hybridized carbons (Fsp3) is 0.667. The molecule has 25 heavy (non-hydrogen) atoms. The summed E-state index contributed by atoms with van der Waals surface area (Å²) in [6.07, 6.45) is -3.83. The van der Waals surface area contributed by atoms with Gasteiger partial charge < -0.3 is 39.1 Å². The van der Waals surface area contributed by atoms with E-state index in [1.165, 1.54) is 15.8 Å². The average Bonchev–Trinajstić information content (AvgIpc) is 3.00. The van der Waals surface area contributed by atoms with Gasteiger partial charge in [0.05, 0.1) is 19.6 Å². The van der Waals surface area contributed by atoms with Crippen molar-refractivity contribution in [2.24, 2.45) is 7.05 Å². The zero-order valence-corrected chi connectivity index (χ0v) is 14.4. The van der Waals surface area contributed by atoms with Crippen LogP contribution in [0, 0.1) is 0 Å². The number of ether oxygens (including phenoxy) is 1. The monoisotopic (exact) mass is 378 g/mol. The third-order valence-corrected chi connectivity index (χ3v) is 4.68. The molecule has 2 aliphatic heterocycles. The predicted molar refractivity (Wildman–Crippen MR) is 83.9 cm³/mol. The number of hydrogen-bond acceptors (Lipinski definition) is 9. The molecule has 3 rings (SSSR count). The van der Waals surface area contributed by atoms with Gasteiger partial charge in [0.1, 0.15) is 24.0 Å². The van der Waals surface area contributed by atoms with Crippen molar-refractivity contribution < 1.29 is 33.8 Å². The molecule has 1 saturated heterocycles. The SMILES string of the molecule is CN1CN([C@@H]2O[C@H](CO)[C@@H](OP(=O)(O)O)[C@H]2O)c2ncn(C)c(=O)c21. The van der Waals surface area contributed by atoms with Gasteiger partial charge in [0.25, 0.3) is 5.56 Å². The molecule has 1 aromatic heterocycles. The molecule has 0 aromatic carbocycles. The summed E-state index contributed by atoms with van der Waals surface area (Å²) in [6.45, 7) is -0.456. The number of anilines is 2. The van der Waals surface area contributed by atoms with Crippen LogP contribution >= 0.6 is 7.82 Å². The van der Waals surface area contributed by atoms with Crippen LogP contribution in [0.25, 0.3) is 0 Å². The van der Waals surface area contributed by atoms with E-state index < -0.39 is 39.0 Å². The topological polar surface area (TPSA) is 158 Å². The molecule has 4 N–H and O–H groups in total. The van der Waals surface area contributed by atoms with Crippen LogP contribution in [0.3, 0.4) is 0 Å². The molecule has 0 spiro atoms. The maximum absolute atomic E-state index is 12.3. The van der Waals surface area contributed by atoms with Crippen molar-refractivity contribution in [2.75, 3.05) is 30.1 Å². The van der Waals surface area contributed by atoms with Crippen molar-refractivity contribution >= 4 is 19.3 Å². The van der Waals surface area contributed by atoms with Crippen LogP contribution in [0.2, 0.25) is 0 Å². The van der Waals surface area contributed by atoms with E-state index in [2.05, 4.69) is 9.51 Å². The first-order valence-electron chi connectivity index (χ1n) is 7.35. The average molecular weight is 378 g/mol. The zero-order valence-electron chi connectivity index (χ0n) is 13.5. The summed E-state index contributed by atoms with van der Waals surface area (Å²) in [4.78, 5) is 37.5. The lowest BCUT2D eigenvalue weighted by Crippen LogP contribution is -2.46. The van der Waals surface area contributed by atoms with Crippen molar-refractivity contribution in [1.82, 2.24) is 9.55 Å². The third kappa shape index (κ3) is 3.17. The molecule has 2 aliphatic rings. The molecule has 3 heterocycles. The Morgan fingerprint density at radius 2 is 2.12 bits per heavy atom. The number of rotatable bonds is 4. The molecule has 0 amide bonds. The summed E-state index contributed by atoms with van der Waals surface area (Å²) in [5, 5.41) is 19.8. The van der Waals surface area contributed by atoms with Gasteiger partial charge in [-0.05, 0) is 0 Å². The van der Waals surface area contributed by atoms with E-state index in [4.69, 9.17) is 14.5 Å². The minimum Gasteiger partial charge on any atom is -0.394 e. The quantitative estimate of drug-likeness (QED) is 0.412. The Bertz CT molecular complexity index is 766. The Hall–Kier alpha value is -1.53. The number of aliphatic hydroxyl groups is 2. The van der Waals surface area contributed by atoms with Gasteiger partial charge in [-0.1, -0.05) is 0 Å². The summed E-state index contributed by atoms with van der Waals surface area (Å²) >= 11 is 0. The second-order valence-corrected chi connectivity index (χ2v) is 7.13. The number of aryl methyl sites for hydroxylation is 1. The molecule has 13 heteroatoms. The van der Waals surface area contributed by atoms with E-state index in [9.17, 15) is 19.6 Å². The lowest BCUT2D eigenvalue weighted by molar-refractivity contribution is -0.0218. The van der Waals surface area contributed by atoms with Crippen LogP contribution in [-0.4, -0.2) is 74.4 Å². The van der Waals surface area contributed by atoms with Crippen LogP contribution in [0.4, 0.5) is 11.5 Å². The van der Waals surface area contributed by atoms with Gasteiger partial charge in [-0.15, -0.1) is 0 Å². The lowest BCUT2D eigenvalue weighted by atomic mass is 10.1. The number of aromatic nitrogens is 2. The second kappa shape index (κ2) is 6.32. The molecule has 1 aromatic rings. The van der Waals surface area contributed by atoms with Crippen molar-refractivity contribution in [3.05, 3.63) is 16.7 Å². The van der Waals surface area contributed by atoms with Gasteiger partial charge in [0.2, 0.25) is 0 Å². The van der Waals surface area contributed by atoms with E-state index in [-0.39, 0.29) is 18.0 Å². The number of fused-ring (bicyclic) bond motifs is 1. The Balaban J connectivity index is 1.93. The number of nitrogens with zero attached hydrogens (tertiary/aromatic N) is 4. The van der Waals surface area contributed by atoms with Crippen LogP contribution in [0.15, 0.2) is 11.1 Å². The molecule has 0 bridgehead atoms. The van der Waals surface area contributed by atoms with Crippen molar-refractivity contribution in [2.45, 2.75) is 24.5 Å². The van der Waals surface area contributed by atoms with Crippen molar-refractivity contribution in [3.63, 3.8) is 0 Å². The minimum absolute atomic E-state index is 0.157. The number of phosphoric acid groups is 1. The number of aliphatic hydroxyl groups excluding tert-OH is 2. The van der Waals surface area contributed by atoms with Gasteiger partial charge in [-0.3, -0.25) is 9.32 Å². The molecule has 0 radical (unpaired) electrons. The summed E-state index contributed by atoms with van der Waals surface area (Å²) in [6, 6.07) is 0. The van der Waals surface area contributed by atoms with E-state index in [1.807, 2.05) is 0 Å². The highest BCUT2D eigenvalue weighted by atomic mass is 31.2. The van der Waals surface area contributed by atoms with Crippen LogP contribution in [-0.2, 0) is 20.9 Å². The number of hydrogen-bond donors (Lipinski definition) is 4. The molecule has 0 unspecified atom stereocenters. The first-order chi connectivity index (χ1) is 11.6. The summed E-state index contributed by atoms with van der Waals surface area (Å²) in [5.41, 5.74) is 0.0184. The largest absolute Gasteiger partial charge is 0.470 e. The lowest BCUT2D eigenvalue weighted by Gasteiger charge is -2.27. The Kier molecular flexibility index (Phi) is 4.62. The summed E-state index contributed by atoms with van der Waals surface area (Å²) in [7, 11) is -1.69. The van der Waals surface area contributed by atoms with Gasteiger partial charge in [0, 0.05) is 14.1 Å². The van der Waals surface area contributed by atoms with Crippen LogP contribution in [0.1, 0.15) is 0 Å². The van der Waals surface area contributed by atoms with Crippen molar-refractivity contribution in [3.8, 4) is 0 Å². The minimum atomic E-state index is -4.90. The molecule has 12 nitrogen and oxygen atoms in total. The maximum Gasteiger partial charge on any atom is 0.470 e. The number of phosphoric ester groups is 1. The van der Waals surface area contributed by atoms with Gasteiger partial charge in [0.15, 0.2) is 12.0 Å². The molecular weight excluding hydrogens is 359 g/mol. The standard InChI is InChI=1S/C12H19N4O8P/c1-14-4-13-10-7(11(14)19)15(2)5-16(10)12-8(18)9(6(3-17)23-12)24-25(20,21)22/h4,6,8-9,12,17-18H,3,5H2,1-2H3,(H2,20,21,22)/t6-,8-,9-,12-/m1/s1. The Labute approximate surface area is 142 Å². The highest BCUT2D eigenvalue weighted by Gasteiger charge is 2.51. The first kappa shape index (κ1) is 18.3. The highest BCUT2D eigenvalue weighted by molar-refractivity contribution is 7.46. The molecule has 1 fully saturated rings. The van der Waals surface area contributed by atoms with Gasteiger partial charge in [-0.2, -0.15) is 0 Å². The first-order valence-corrected chi connectivity index (χ1v) is 8.89. The smallest absolute Gasteiger partial charge is 0.394 e. The summed E-state index contributed by atoms with van der Waals surface area (Å²) in [5.74, 6) is 0.267. The fourth-order valence-electron chi connectivity index (χ4n) is 3.04. The molecule has 140 valence electrons. The highest BCUT2D eigenvalue weighted by Crippen LogP contribution is 2.43. The zero-order chi connectivity index (χ0) is 18.5. The molecule has 0 saturated carbocycles. The molecule has 4 atom stereocenters.